The summed E-state index contributed by atoms with van der Waals surface area (Å²) in [6, 6.07) is 6.58. The number of hydrogen-bond donors (Lipinski definition) is 2. The summed E-state index contributed by atoms with van der Waals surface area (Å²) in [5.41, 5.74) is 6.56. The van der Waals surface area contributed by atoms with Gasteiger partial charge in [-0.3, -0.25) is 4.99 Å². The monoisotopic (exact) mass is 489 g/mol. The Balaban J connectivity index is 1.65. The fourth-order valence-electron chi connectivity index (χ4n) is 4.40. The molecule has 2 atom stereocenters. The molecule has 2 aliphatic rings. The summed E-state index contributed by atoms with van der Waals surface area (Å²) in [5, 5.41) is 3.94. The number of aromatic nitrogens is 2. The summed E-state index contributed by atoms with van der Waals surface area (Å²) in [6.45, 7) is 4.25. The van der Waals surface area contributed by atoms with E-state index in [2.05, 4.69) is 10.3 Å². The highest BCUT2D eigenvalue weighted by Crippen LogP contribution is 2.35. The van der Waals surface area contributed by atoms with Crippen LogP contribution in [0.4, 0.5) is 24.8 Å². The van der Waals surface area contributed by atoms with Crippen molar-refractivity contribution in [2.24, 2.45) is 4.99 Å². The maximum atomic E-state index is 13.3. The van der Waals surface area contributed by atoms with Gasteiger partial charge in [0.25, 0.3) is 0 Å². The highest BCUT2D eigenvalue weighted by molar-refractivity contribution is 5.83. The van der Waals surface area contributed by atoms with E-state index in [1.807, 2.05) is 16.7 Å². The quantitative estimate of drug-likeness (QED) is 0.528. The van der Waals surface area contributed by atoms with Gasteiger partial charge in [0.1, 0.15) is 6.10 Å². The maximum absolute atomic E-state index is 13.3. The molecular weight excluding hydrogens is 463 g/mol. The summed E-state index contributed by atoms with van der Waals surface area (Å²) in [7, 11) is 1.58. The Labute approximate surface area is 199 Å². The molecule has 3 aromatic rings. The summed E-state index contributed by atoms with van der Waals surface area (Å²) in [6.07, 6.45) is -3.83. The molecule has 35 heavy (non-hydrogen) atoms. The molecule has 0 bridgehead atoms. The number of nitrogens with zero attached hydrogens (tertiary/aromatic N) is 3. The molecule has 2 unspecified atom stereocenters. The van der Waals surface area contributed by atoms with Gasteiger partial charge in [-0.05, 0) is 36.8 Å². The van der Waals surface area contributed by atoms with Crippen LogP contribution < -0.4 is 26.0 Å². The number of methoxy groups -OCH3 is 1. The van der Waals surface area contributed by atoms with Crippen LogP contribution in [0, 0.1) is 0 Å². The van der Waals surface area contributed by atoms with Crippen LogP contribution in [0.3, 0.4) is 0 Å². The van der Waals surface area contributed by atoms with E-state index in [0.29, 0.717) is 60.2 Å². The lowest BCUT2D eigenvalue weighted by Crippen LogP contribution is -2.19. The van der Waals surface area contributed by atoms with Gasteiger partial charge in [0.15, 0.2) is 17.0 Å². The summed E-state index contributed by atoms with van der Waals surface area (Å²) in [5.74, 6) is 1.74. The molecule has 0 amide bonds. The smallest absolute Gasteiger partial charge is 0.416 e. The first kappa shape index (κ1) is 23.3. The molecule has 0 saturated carbocycles. The minimum atomic E-state index is -4.50. The van der Waals surface area contributed by atoms with Gasteiger partial charge in [0, 0.05) is 36.7 Å². The minimum absolute atomic E-state index is 0.0278. The van der Waals surface area contributed by atoms with E-state index in [9.17, 15) is 13.2 Å². The van der Waals surface area contributed by atoms with Crippen LogP contribution in [0.2, 0.25) is 0 Å². The first-order chi connectivity index (χ1) is 16.7. The number of benzene rings is 2. The third kappa shape index (κ3) is 4.60. The van der Waals surface area contributed by atoms with E-state index in [0.717, 1.165) is 24.1 Å². The second-order valence-corrected chi connectivity index (χ2v) is 8.65. The number of alkyl halides is 3. The number of anilines is 2. The molecule has 1 saturated heterocycles. The van der Waals surface area contributed by atoms with E-state index in [4.69, 9.17) is 24.9 Å². The van der Waals surface area contributed by atoms with Crippen LogP contribution in [0.25, 0.3) is 10.9 Å². The molecule has 2 aliphatic heterocycles. The molecule has 2 aromatic carbocycles. The van der Waals surface area contributed by atoms with Crippen molar-refractivity contribution in [3.63, 3.8) is 0 Å². The minimum Gasteiger partial charge on any atom is -0.493 e. The zero-order valence-corrected chi connectivity index (χ0v) is 19.4. The lowest BCUT2D eigenvalue weighted by atomic mass is 10.0. The molecule has 0 radical (unpaired) electrons. The van der Waals surface area contributed by atoms with Crippen molar-refractivity contribution in [1.82, 2.24) is 9.55 Å². The highest BCUT2D eigenvalue weighted by atomic mass is 19.4. The van der Waals surface area contributed by atoms with Gasteiger partial charge >= 0.3 is 6.18 Å². The van der Waals surface area contributed by atoms with Gasteiger partial charge < -0.3 is 29.8 Å². The van der Waals surface area contributed by atoms with Crippen molar-refractivity contribution in [1.29, 1.82) is 0 Å². The Kier molecular flexibility index (Phi) is 5.96. The van der Waals surface area contributed by atoms with Crippen LogP contribution in [0.15, 0.2) is 35.3 Å². The maximum Gasteiger partial charge on any atom is 0.416 e. The molecule has 0 spiro atoms. The largest absolute Gasteiger partial charge is 0.493 e. The van der Waals surface area contributed by atoms with Crippen LogP contribution in [-0.2, 0) is 17.5 Å². The van der Waals surface area contributed by atoms with Crippen molar-refractivity contribution in [2.75, 3.05) is 37.9 Å². The normalized spacial score (nSPS) is 19.0. The predicted molar refractivity (Wildman–Crippen MR) is 124 cm³/mol. The van der Waals surface area contributed by atoms with E-state index in [-0.39, 0.29) is 11.8 Å². The van der Waals surface area contributed by atoms with Crippen molar-refractivity contribution in [2.45, 2.75) is 38.2 Å². The van der Waals surface area contributed by atoms with Gasteiger partial charge in [0.05, 0.1) is 37.4 Å². The van der Waals surface area contributed by atoms with E-state index in [1.54, 1.807) is 14.0 Å². The zero-order valence-electron chi connectivity index (χ0n) is 19.4. The Morgan fingerprint density at radius 1 is 1.23 bits per heavy atom. The fraction of sp³-hybridized carbons (Fsp3) is 0.417. The molecule has 3 N–H and O–H groups in total. The average Bonchev–Trinajstić information content (AvgIpc) is 3.50. The molecule has 8 nitrogen and oxygen atoms in total. The zero-order chi connectivity index (χ0) is 24.7. The number of fused-ring (bicyclic) bond motifs is 3. The Morgan fingerprint density at radius 2 is 2.06 bits per heavy atom. The summed E-state index contributed by atoms with van der Waals surface area (Å²) < 4.78 is 59.2. The third-order valence-corrected chi connectivity index (χ3v) is 6.18. The van der Waals surface area contributed by atoms with E-state index in [1.165, 1.54) is 6.07 Å². The fourth-order valence-corrected chi connectivity index (χ4v) is 4.40. The van der Waals surface area contributed by atoms with Crippen LogP contribution in [-0.4, -0.2) is 42.5 Å². The molecule has 1 fully saturated rings. The van der Waals surface area contributed by atoms with Crippen molar-refractivity contribution in [3.05, 3.63) is 46.9 Å². The topological polar surface area (TPSA) is 95.9 Å². The van der Waals surface area contributed by atoms with Crippen molar-refractivity contribution in [3.8, 4) is 11.5 Å². The number of hydrogen-bond acceptors (Lipinski definition) is 7. The summed E-state index contributed by atoms with van der Waals surface area (Å²) >= 11 is 0. The van der Waals surface area contributed by atoms with Crippen LogP contribution in [0.1, 0.15) is 30.5 Å². The van der Waals surface area contributed by atoms with E-state index >= 15 is 0 Å². The Bertz CT molecular complexity index is 1330. The summed E-state index contributed by atoms with van der Waals surface area (Å²) in [4.78, 5) is 9.40. The molecule has 11 heteroatoms. The lowest BCUT2D eigenvalue weighted by Gasteiger charge is -2.18. The third-order valence-electron chi connectivity index (χ3n) is 6.18. The molecule has 0 aliphatic carbocycles. The molecule has 3 heterocycles. The standard InChI is InChI=1S/C24H26F3N5O3/c1-13(14-7-15(24(25,26)27)9-16(28)8-14)30-22-18-10-21(35-17-3-6-34-12-17)20(33-2)11-19(18)32-5-4-29-23(32)31-22/h7-11,13,17H,3-6,12,28H2,1-2H3,(H,29,30,31). The number of nitrogens with two attached hydrogens (primary N) is 1. The number of halogens is 3. The van der Waals surface area contributed by atoms with Crippen LogP contribution >= 0.6 is 0 Å². The van der Waals surface area contributed by atoms with Crippen molar-refractivity contribution < 1.29 is 27.4 Å². The molecule has 186 valence electrons. The van der Waals surface area contributed by atoms with Gasteiger partial charge in [-0.2, -0.15) is 18.2 Å². The van der Waals surface area contributed by atoms with E-state index < -0.39 is 17.8 Å². The van der Waals surface area contributed by atoms with Gasteiger partial charge in [-0.15, -0.1) is 0 Å². The van der Waals surface area contributed by atoms with Gasteiger partial charge in [0.2, 0.25) is 5.95 Å². The average molecular weight is 489 g/mol. The lowest BCUT2D eigenvalue weighted by molar-refractivity contribution is -0.137. The molecular formula is C24H26F3N5O3. The second-order valence-electron chi connectivity index (χ2n) is 8.65. The number of ether oxygens (including phenoxy) is 3. The molecule has 1 aromatic heterocycles. The first-order valence-corrected chi connectivity index (χ1v) is 11.4. The number of nitrogen functional groups attached to an aromatic ring is 1. The Hall–Kier alpha value is -3.47. The predicted octanol–water partition coefficient (Wildman–Crippen LogP) is 3.90. The van der Waals surface area contributed by atoms with Crippen LogP contribution in [0.5, 0.6) is 11.5 Å². The molecule has 5 rings (SSSR count). The van der Waals surface area contributed by atoms with Gasteiger partial charge in [-0.25, -0.2) is 0 Å². The first-order valence-electron chi connectivity index (χ1n) is 11.4. The van der Waals surface area contributed by atoms with Gasteiger partial charge in [-0.1, -0.05) is 0 Å². The van der Waals surface area contributed by atoms with Crippen molar-refractivity contribution >= 4 is 22.5 Å². The number of nitrogens with one attached hydrogen (secondary N) is 1. The SMILES string of the molecule is COc1cc2c(cc1OC1CCOC1)c(=NC(C)c1cc(N)cc(C(F)(F)F)c1)nc1n2CCN1. The highest BCUT2D eigenvalue weighted by Gasteiger charge is 2.31. The second kappa shape index (κ2) is 8.95. The number of rotatable bonds is 5. The Morgan fingerprint density at radius 3 is 2.77 bits per heavy atom.